The van der Waals surface area contributed by atoms with Crippen molar-refractivity contribution < 1.29 is 22.1 Å². The van der Waals surface area contributed by atoms with E-state index in [9.17, 15) is 13.2 Å². The van der Waals surface area contributed by atoms with Crippen molar-refractivity contribution in [1.29, 1.82) is 0 Å². The van der Waals surface area contributed by atoms with Gasteiger partial charge in [-0.2, -0.15) is 0 Å². The van der Waals surface area contributed by atoms with Gasteiger partial charge < -0.3 is 24.4 Å². The number of aromatic nitrogens is 2. The van der Waals surface area contributed by atoms with Gasteiger partial charge in [-0.25, -0.2) is 23.1 Å². The minimum absolute atomic E-state index is 0.0379. The molecule has 1 amide bonds. The fourth-order valence-corrected chi connectivity index (χ4v) is 9.31. The number of carbonyl (C=O) groups excluding carboxylic acids is 1. The summed E-state index contributed by atoms with van der Waals surface area (Å²) in [5.74, 6) is 0.596. The van der Waals surface area contributed by atoms with Crippen molar-refractivity contribution in [2.75, 3.05) is 41.8 Å². The van der Waals surface area contributed by atoms with Crippen LogP contribution in [0.4, 0.5) is 17.3 Å². The number of carbonyl (C=O) groups is 1. The monoisotopic (exact) mass is 774 g/mol. The highest BCUT2D eigenvalue weighted by Gasteiger charge is 2.46. The van der Waals surface area contributed by atoms with Gasteiger partial charge in [0.1, 0.15) is 5.82 Å². The predicted octanol–water partition coefficient (Wildman–Crippen LogP) is 8.40. The zero-order valence-corrected chi connectivity index (χ0v) is 37.2. The third-order valence-corrected chi connectivity index (χ3v) is 22.2. The first-order valence-electron chi connectivity index (χ1n) is 18.7. The standard InChI is InChI=1S/C38H66N6O5SSi2/c1-34(2,3)43-50(46,47)29-17-15-16-28(24-29)40-33(45)31-32(44-22-20-38(18-19-38)21-23-44)41-30(25-39-31)42-37(10,26-48-51(11,12)35(4,5)6)27-49-52(13,14)36(7,8)9/h15-17,24-25,43H,18-23,26-27H2,1-14H3,(H,40,45)(H,41,42). The van der Waals surface area contributed by atoms with E-state index in [-0.39, 0.29) is 20.7 Å². The second-order valence-electron chi connectivity index (χ2n) is 19.5. The molecule has 292 valence electrons. The molecule has 11 nitrogen and oxygen atoms in total. The average Bonchev–Trinajstić information content (AvgIpc) is 3.76. The average molecular weight is 775 g/mol. The van der Waals surface area contributed by atoms with E-state index in [1.807, 2.05) is 0 Å². The molecule has 2 aromatic rings. The number of sulfonamides is 1. The molecule has 1 aromatic heterocycles. The Morgan fingerprint density at radius 3 is 1.88 bits per heavy atom. The normalized spacial score (nSPS) is 17.3. The summed E-state index contributed by atoms with van der Waals surface area (Å²) in [6.07, 6.45) is 6.21. The number of amides is 1. The second-order valence-corrected chi connectivity index (χ2v) is 30.8. The van der Waals surface area contributed by atoms with Gasteiger partial charge in [-0.1, -0.05) is 47.6 Å². The summed E-state index contributed by atoms with van der Waals surface area (Å²) in [6, 6.07) is 6.26. The largest absolute Gasteiger partial charge is 0.414 e. The lowest BCUT2D eigenvalue weighted by Gasteiger charge is -2.43. The Morgan fingerprint density at radius 2 is 1.40 bits per heavy atom. The van der Waals surface area contributed by atoms with Gasteiger partial charge in [0.05, 0.1) is 29.8 Å². The van der Waals surface area contributed by atoms with Gasteiger partial charge >= 0.3 is 0 Å². The van der Waals surface area contributed by atoms with E-state index >= 15 is 0 Å². The molecule has 14 heteroatoms. The van der Waals surface area contributed by atoms with Gasteiger partial charge in [-0.3, -0.25) is 4.79 Å². The van der Waals surface area contributed by atoms with Crippen molar-refractivity contribution in [3.05, 3.63) is 36.2 Å². The summed E-state index contributed by atoms with van der Waals surface area (Å²) in [4.78, 5) is 26.0. The first kappa shape index (κ1) is 42.4. The summed E-state index contributed by atoms with van der Waals surface area (Å²) in [6.45, 7) is 32.3. The summed E-state index contributed by atoms with van der Waals surface area (Å²) in [5, 5.41) is 6.63. The van der Waals surface area contributed by atoms with Crippen LogP contribution in [0, 0.1) is 5.41 Å². The molecule has 3 N–H and O–H groups in total. The summed E-state index contributed by atoms with van der Waals surface area (Å²) in [7, 11) is -8.00. The van der Waals surface area contributed by atoms with Gasteiger partial charge in [0.2, 0.25) is 10.0 Å². The number of anilines is 3. The Labute approximate surface area is 316 Å². The SMILES string of the molecule is CC(C)(C)NS(=O)(=O)c1cccc(NC(=O)c2ncc(NC(C)(CO[Si](C)(C)C(C)(C)C)CO[Si](C)(C)C(C)(C)C)nc2N2CCC3(CC2)CC3)c1. The zero-order valence-electron chi connectivity index (χ0n) is 34.3. The van der Waals surface area contributed by atoms with Crippen LogP contribution in [0.25, 0.3) is 0 Å². The van der Waals surface area contributed by atoms with E-state index in [0.29, 0.717) is 36.0 Å². The lowest BCUT2D eigenvalue weighted by molar-refractivity contribution is 0.102. The quantitative estimate of drug-likeness (QED) is 0.172. The summed E-state index contributed by atoms with van der Waals surface area (Å²) in [5.41, 5.74) is -0.320. The molecular formula is C38H66N6O5SSi2. The van der Waals surface area contributed by atoms with Crippen molar-refractivity contribution in [3.8, 4) is 0 Å². The van der Waals surface area contributed by atoms with E-state index in [1.54, 1.807) is 39.1 Å². The van der Waals surface area contributed by atoms with E-state index in [2.05, 4.69) is 94.9 Å². The van der Waals surface area contributed by atoms with Gasteiger partial charge in [-0.15, -0.1) is 0 Å². The first-order chi connectivity index (χ1) is 23.6. The van der Waals surface area contributed by atoms with Crippen molar-refractivity contribution in [3.63, 3.8) is 0 Å². The van der Waals surface area contributed by atoms with E-state index in [0.717, 1.165) is 25.9 Å². The topological polar surface area (TPSA) is 135 Å². The number of rotatable bonds is 13. The van der Waals surface area contributed by atoms with Crippen molar-refractivity contribution in [2.45, 2.75) is 147 Å². The fraction of sp³-hybridized carbons (Fsp3) is 0.711. The van der Waals surface area contributed by atoms with Crippen LogP contribution in [0.3, 0.4) is 0 Å². The van der Waals surface area contributed by atoms with Crippen LogP contribution in [-0.4, -0.2) is 78.3 Å². The molecule has 1 spiro atoms. The Balaban J connectivity index is 1.67. The van der Waals surface area contributed by atoms with Crippen LogP contribution in [-0.2, 0) is 18.9 Å². The molecule has 4 rings (SSSR count). The van der Waals surface area contributed by atoms with Crippen molar-refractivity contribution >= 4 is 49.9 Å². The van der Waals surface area contributed by atoms with Gasteiger partial charge in [-0.05, 0) is 113 Å². The minimum atomic E-state index is -3.80. The van der Waals surface area contributed by atoms with Gasteiger partial charge in [0.15, 0.2) is 28.1 Å². The number of nitrogens with zero attached hydrogens (tertiary/aromatic N) is 3. The molecule has 0 atom stereocenters. The maximum Gasteiger partial charge on any atom is 0.278 e. The first-order valence-corrected chi connectivity index (χ1v) is 26.0. The van der Waals surface area contributed by atoms with E-state index in [1.165, 1.54) is 25.0 Å². The number of hydrogen-bond acceptors (Lipinski definition) is 9. The van der Waals surface area contributed by atoms with Crippen LogP contribution in [0.15, 0.2) is 35.4 Å². The fourth-order valence-electron chi connectivity index (χ4n) is 5.62. The molecule has 2 heterocycles. The van der Waals surface area contributed by atoms with Crippen molar-refractivity contribution in [2.24, 2.45) is 5.41 Å². The van der Waals surface area contributed by atoms with Crippen LogP contribution in [0.5, 0.6) is 0 Å². The van der Waals surface area contributed by atoms with Gasteiger partial charge in [0.25, 0.3) is 5.91 Å². The Morgan fingerprint density at radius 1 is 0.865 bits per heavy atom. The van der Waals surface area contributed by atoms with Crippen LogP contribution >= 0.6 is 0 Å². The molecule has 1 aromatic carbocycles. The summed E-state index contributed by atoms with van der Waals surface area (Å²) >= 11 is 0. The lowest BCUT2D eigenvalue weighted by Crippen LogP contribution is -2.53. The molecule has 2 aliphatic rings. The predicted molar refractivity (Wildman–Crippen MR) is 218 cm³/mol. The van der Waals surface area contributed by atoms with Crippen LogP contribution in [0.2, 0.25) is 36.3 Å². The second kappa shape index (κ2) is 14.7. The maximum atomic E-state index is 14.0. The molecule has 0 unspecified atom stereocenters. The molecule has 0 radical (unpaired) electrons. The molecule has 1 aliphatic heterocycles. The molecule has 1 saturated heterocycles. The highest BCUT2D eigenvalue weighted by atomic mass is 32.2. The van der Waals surface area contributed by atoms with Crippen molar-refractivity contribution in [1.82, 2.24) is 14.7 Å². The van der Waals surface area contributed by atoms with Crippen LogP contribution in [0.1, 0.15) is 105 Å². The molecule has 52 heavy (non-hydrogen) atoms. The third-order valence-electron chi connectivity index (χ3n) is 11.4. The number of piperidine rings is 1. The third kappa shape index (κ3) is 10.6. The number of benzene rings is 1. The molecule has 2 fully saturated rings. The Hall–Kier alpha value is -2.37. The summed E-state index contributed by atoms with van der Waals surface area (Å²) < 4.78 is 42.4. The van der Waals surface area contributed by atoms with Gasteiger partial charge in [0, 0.05) is 24.3 Å². The number of nitrogens with one attached hydrogen (secondary N) is 3. The molecule has 1 aliphatic carbocycles. The van der Waals surface area contributed by atoms with E-state index in [4.69, 9.17) is 18.8 Å². The lowest BCUT2D eigenvalue weighted by atomic mass is 9.93. The highest BCUT2D eigenvalue weighted by molar-refractivity contribution is 7.89. The Bertz CT molecular complexity index is 1670. The Kier molecular flexibility index (Phi) is 12.0. The smallest absolute Gasteiger partial charge is 0.278 e. The molecule has 1 saturated carbocycles. The molecule has 0 bridgehead atoms. The minimum Gasteiger partial charge on any atom is -0.414 e. The van der Waals surface area contributed by atoms with Crippen LogP contribution < -0.4 is 20.3 Å². The van der Waals surface area contributed by atoms with E-state index < -0.39 is 43.6 Å². The molecular weight excluding hydrogens is 709 g/mol. The highest BCUT2D eigenvalue weighted by Crippen LogP contribution is 2.54. The number of hydrogen-bond donors (Lipinski definition) is 3. The zero-order chi connectivity index (χ0) is 39.2. The maximum absolute atomic E-state index is 14.0.